The molecule has 0 aromatic carbocycles. The van der Waals surface area contributed by atoms with Gasteiger partial charge in [-0.3, -0.25) is 4.90 Å². The normalized spacial score (nSPS) is 8.22. The Morgan fingerprint density at radius 3 is 2.44 bits per heavy atom. The van der Waals surface area contributed by atoms with Crippen LogP contribution in [0, 0.1) is 12.3 Å². The molecule has 1 nitrogen and oxygen atoms in total. The Balaban J connectivity index is 0. The lowest BCUT2D eigenvalue weighted by Crippen LogP contribution is -2.18. The molecule has 0 aromatic heterocycles. The molecule has 54 valence electrons. The van der Waals surface area contributed by atoms with E-state index >= 15 is 0 Å². The molecule has 2 heteroatoms. The monoisotopic (exact) mass is 147 g/mol. The van der Waals surface area contributed by atoms with E-state index < -0.39 is 0 Å². The zero-order valence-electron chi connectivity index (χ0n) is 6.05. The first kappa shape index (κ1) is 11.6. The minimum atomic E-state index is 0. The second-order valence-electron chi connectivity index (χ2n) is 1.94. The van der Waals surface area contributed by atoms with E-state index in [1.807, 2.05) is 7.05 Å². The van der Waals surface area contributed by atoms with Crippen molar-refractivity contribution in [3.8, 4) is 12.3 Å². The summed E-state index contributed by atoms with van der Waals surface area (Å²) in [7, 11) is 2.03. The van der Waals surface area contributed by atoms with Crippen molar-refractivity contribution in [1.82, 2.24) is 4.90 Å². The predicted molar refractivity (Wildman–Crippen MR) is 43.9 cm³/mol. The highest BCUT2D eigenvalue weighted by molar-refractivity contribution is 5.85. The highest BCUT2D eigenvalue weighted by Crippen LogP contribution is 1.82. The lowest BCUT2D eigenvalue weighted by molar-refractivity contribution is 0.376. The molecular weight excluding hydrogens is 134 g/mol. The fourth-order valence-corrected chi connectivity index (χ4v) is 0.617. The van der Waals surface area contributed by atoms with Crippen LogP contribution in [0.3, 0.4) is 0 Å². The number of nitrogens with zero attached hydrogens (tertiary/aromatic N) is 1. The lowest BCUT2D eigenvalue weighted by Gasteiger charge is -2.09. The van der Waals surface area contributed by atoms with E-state index in [4.69, 9.17) is 6.42 Å². The summed E-state index contributed by atoms with van der Waals surface area (Å²) < 4.78 is 0. The maximum absolute atomic E-state index is 5.07. The molecule has 0 aliphatic heterocycles. The fourth-order valence-electron chi connectivity index (χ4n) is 0.617. The molecule has 0 saturated heterocycles. The van der Waals surface area contributed by atoms with Gasteiger partial charge in [0.15, 0.2) is 0 Å². The summed E-state index contributed by atoms with van der Waals surface area (Å²) in [6.45, 7) is 4.02. The van der Waals surface area contributed by atoms with Crippen molar-refractivity contribution < 1.29 is 0 Å². The van der Waals surface area contributed by atoms with E-state index in [1.54, 1.807) is 0 Å². The summed E-state index contributed by atoms with van der Waals surface area (Å²) in [5.74, 6) is 2.58. The third kappa shape index (κ3) is 7.81. The molecule has 0 amide bonds. The van der Waals surface area contributed by atoms with Crippen molar-refractivity contribution in [3.05, 3.63) is 0 Å². The maximum atomic E-state index is 5.07. The van der Waals surface area contributed by atoms with E-state index in [0.717, 1.165) is 13.1 Å². The largest absolute Gasteiger partial charge is 0.295 e. The minimum absolute atomic E-state index is 0. The van der Waals surface area contributed by atoms with E-state index in [9.17, 15) is 0 Å². The van der Waals surface area contributed by atoms with Gasteiger partial charge in [0.25, 0.3) is 0 Å². The van der Waals surface area contributed by atoms with E-state index in [1.165, 1.54) is 6.42 Å². The zero-order valence-corrected chi connectivity index (χ0v) is 6.87. The van der Waals surface area contributed by atoms with Crippen molar-refractivity contribution in [2.24, 2.45) is 0 Å². The van der Waals surface area contributed by atoms with Crippen LogP contribution >= 0.6 is 12.4 Å². The van der Waals surface area contributed by atoms with Gasteiger partial charge in [-0.1, -0.05) is 12.8 Å². The topological polar surface area (TPSA) is 3.24 Å². The first-order valence-electron chi connectivity index (χ1n) is 2.93. The molecule has 0 bridgehead atoms. The Kier molecular flexibility index (Phi) is 10.1. The van der Waals surface area contributed by atoms with Crippen molar-refractivity contribution in [1.29, 1.82) is 0 Å². The molecule has 0 unspecified atom stereocenters. The van der Waals surface area contributed by atoms with Crippen LogP contribution in [-0.4, -0.2) is 25.0 Å². The number of hydrogen-bond donors (Lipinski definition) is 0. The molecule has 0 atom stereocenters. The van der Waals surface area contributed by atoms with Crippen LogP contribution in [0.1, 0.15) is 13.3 Å². The van der Waals surface area contributed by atoms with Crippen LogP contribution in [0.4, 0.5) is 0 Å². The van der Waals surface area contributed by atoms with Crippen LogP contribution in [0.2, 0.25) is 0 Å². The molecular formula is C7H14ClN. The third-order valence-corrected chi connectivity index (χ3v) is 0.967. The molecule has 0 aliphatic rings. The van der Waals surface area contributed by atoms with E-state index in [0.29, 0.717) is 0 Å². The second kappa shape index (κ2) is 7.81. The summed E-state index contributed by atoms with van der Waals surface area (Å²) in [5.41, 5.74) is 0. The minimum Gasteiger partial charge on any atom is -0.295 e. The van der Waals surface area contributed by atoms with Crippen LogP contribution in [0.15, 0.2) is 0 Å². The van der Waals surface area contributed by atoms with Gasteiger partial charge in [-0.15, -0.1) is 18.8 Å². The Hall–Kier alpha value is -0.190. The number of hydrogen-bond acceptors (Lipinski definition) is 1. The van der Waals surface area contributed by atoms with Gasteiger partial charge in [0.2, 0.25) is 0 Å². The number of rotatable bonds is 3. The van der Waals surface area contributed by atoms with Gasteiger partial charge in [0, 0.05) is 0 Å². The van der Waals surface area contributed by atoms with Crippen molar-refractivity contribution in [2.45, 2.75) is 13.3 Å². The Labute approximate surface area is 63.8 Å². The summed E-state index contributed by atoms with van der Waals surface area (Å²) >= 11 is 0. The zero-order chi connectivity index (χ0) is 6.41. The van der Waals surface area contributed by atoms with Crippen LogP contribution in [0.25, 0.3) is 0 Å². The van der Waals surface area contributed by atoms with E-state index in [-0.39, 0.29) is 12.4 Å². The SMILES string of the molecule is C#CCN(C)CCC.Cl. The Morgan fingerprint density at radius 1 is 1.56 bits per heavy atom. The predicted octanol–water partition coefficient (Wildman–Crippen LogP) is 1.38. The van der Waals surface area contributed by atoms with Gasteiger partial charge in [0.1, 0.15) is 0 Å². The molecule has 0 radical (unpaired) electrons. The fraction of sp³-hybridized carbons (Fsp3) is 0.714. The van der Waals surface area contributed by atoms with Gasteiger partial charge >= 0.3 is 0 Å². The van der Waals surface area contributed by atoms with Crippen LogP contribution in [0.5, 0.6) is 0 Å². The standard InChI is InChI=1S/C7H13N.ClH/c1-4-6-8(3)7-5-2;/h1H,5-7H2,2-3H3;1H. The Morgan fingerprint density at radius 2 is 2.11 bits per heavy atom. The summed E-state index contributed by atoms with van der Waals surface area (Å²) in [6, 6.07) is 0. The van der Waals surface area contributed by atoms with Crippen LogP contribution in [-0.2, 0) is 0 Å². The van der Waals surface area contributed by atoms with Gasteiger partial charge in [0.05, 0.1) is 6.54 Å². The van der Waals surface area contributed by atoms with Gasteiger partial charge in [-0.05, 0) is 20.0 Å². The molecule has 0 spiro atoms. The molecule has 0 rings (SSSR count). The number of terminal acetylenes is 1. The summed E-state index contributed by atoms with van der Waals surface area (Å²) in [5, 5.41) is 0. The summed E-state index contributed by atoms with van der Waals surface area (Å²) in [6.07, 6.45) is 6.25. The quantitative estimate of drug-likeness (QED) is 0.546. The first-order valence-corrected chi connectivity index (χ1v) is 2.93. The van der Waals surface area contributed by atoms with Gasteiger partial charge < -0.3 is 0 Å². The van der Waals surface area contributed by atoms with Crippen LogP contribution < -0.4 is 0 Å². The van der Waals surface area contributed by atoms with Gasteiger partial charge in [-0.2, -0.15) is 0 Å². The van der Waals surface area contributed by atoms with E-state index in [2.05, 4.69) is 17.7 Å². The second-order valence-corrected chi connectivity index (χ2v) is 1.94. The lowest BCUT2D eigenvalue weighted by atomic mass is 10.4. The van der Waals surface area contributed by atoms with Gasteiger partial charge in [-0.25, -0.2) is 0 Å². The summed E-state index contributed by atoms with van der Waals surface area (Å²) in [4.78, 5) is 2.12. The highest BCUT2D eigenvalue weighted by Gasteiger charge is 1.88. The molecule has 0 saturated carbocycles. The molecule has 0 heterocycles. The highest BCUT2D eigenvalue weighted by atomic mass is 35.5. The molecule has 0 fully saturated rings. The Bertz CT molecular complexity index is 85.4. The number of halogens is 1. The third-order valence-electron chi connectivity index (χ3n) is 0.967. The average molecular weight is 148 g/mol. The first-order chi connectivity index (χ1) is 3.81. The smallest absolute Gasteiger partial charge is 0.0596 e. The molecule has 0 aliphatic carbocycles. The molecule has 0 N–H and O–H groups in total. The van der Waals surface area contributed by atoms with Crippen molar-refractivity contribution in [2.75, 3.05) is 20.1 Å². The molecule has 9 heavy (non-hydrogen) atoms. The molecule has 0 aromatic rings. The maximum Gasteiger partial charge on any atom is 0.0596 e. The average Bonchev–Trinajstić information content (AvgIpc) is 1.68. The van der Waals surface area contributed by atoms with Crippen molar-refractivity contribution >= 4 is 12.4 Å². The van der Waals surface area contributed by atoms with Crippen molar-refractivity contribution in [3.63, 3.8) is 0 Å².